The van der Waals surface area contributed by atoms with E-state index in [-0.39, 0.29) is 11.7 Å². The first-order valence-electron chi connectivity index (χ1n) is 8.26. The van der Waals surface area contributed by atoms with Gasteiger partial charge in [-0.15, -0.1) is 0 Å². The summed E-state index contributed by atoms with van der Waals surface area (Å²) in [5.74, 6) is -0.566. The summed E-state index contributed by atoms with van der Waals surface area (Å²) < 4.78 is 30.1. The van der Waals surface area contributed by atoms with Crippen LogP contribution in [0.15, 0.2) is 24.3 Å². The van der Waals surface area contributed by atoms with Crippen LogP contribution < -0.4 is 4.74 Å². The average molecular weight is 382 g/mol. The number of hydrogen-bond acceptors (Lipinski definition) is 3. The van der Waals surface area contributed by atoms with Crippen LogP contribution in [0.4, 0.5) is 4.39 Å². The highest BCUT2D eigenvalue weighted by Gasteiger charge is 2.16. The van der Waals surface area contributed by atoms with Gasteiger partial charge in [-0.3, -0.25) is 4.57 Å². The molecule has 0 atom stereocenters. The molecular formula is C19H24FO5P. The maximum absolute atomic E-state index is 14.0. The summed E-state index contributed by atoms with van der Waals surface area (Å²) in [5.41, 5.74) is 4.06. The number of aryl methyl sites for hydroxylation is 2. The van der Waals surface area contributed by atoms with Crippen LogP contribution in [0.5, 0.6) is 11.5 Å². The van der Waals surface area contributed by atoms with Crippen molar-refractivity contribution < 1.29 is 28.6 Å². The normalized spacial score (nSPS) is 11.8. The number of halogens is 1. The largest absolute Gasteiger partial charge is 0.505 e. The lowest BCUT2D eigenvalue weighted by Gasteiger charge is -2.16. The minimum absolute atomic E-state index is 0.00456. The van der Waals surface area contributed by atoms with E-state index in [4.69, 9.17) is 14.5 Å². The van der Waals surface area contributed by atoms with E-state index in [1.807, 2.05) is 27.7 Å². The van der Waals surface area contributed by atoms with E-state index in [9.17, 15) is 14.1 Å². The predicted molar refractivity (Wildman–Crippen MR) is 98.4 cm³/mol. The van der Waals surface area contributed by atoms with Crippen molar-refractivity contribution in [3.63, 3.8) is 0 Å². The van der Waals surface area contributed by atoms with Crippen LogP contribution in [0, 0.1) is 19.7 Å². The zero-order valence-electron chi connectivity index (χ0n) is 15.3. The molecule has 0 radical (unpaired) electrons. The van der Waals surface area contributed by atoms with Crippen LogP contribution in [0.25, 0.3) is 0 Å². The van der Waals surface area contributed by atoms with Crippen molar-refractivity contribution in [2.24, 2.45) is 0 Å². The van der Waals surface area contributed by atoms with Gasteiger partial charge in [-0.1, -0.05) is 19.9 Å². The van der Waals surface area contributed by atoms with E-state index in [2.05, 4.69) is 0 Å². The molecule has 2 aromatic rings. The Hall–Kier alpha value is -1.88. The van der Waals surface area contributed by atoms with Crippen molar-refractivity contribution in [1.29, 1.82) is 0 Å². The number of aromatic hydroxyl groups is 1. The maximum Gasteiger partial charge on any atom is 0.362 e. The van der Waals surface area contributed by atoms with Crippen molar-refractivity contribution in [2.75, 3.05) is 6.35 Å². The first-order valence-corrected chi connectivity index (χ1v) is 10.1. The monoisotopic (exact) mass is 382 g/mol. The minimum atomic E-state index is -4.24. The van der Waals surface area contributed by atoms with Gasteiger partial charge in [0.2, 0.25) is 0 Å². The molecule has 0 aliphatic carbocycles. The Morgan fingerprint density at radius 1 is 1.12 bits per heavy atom. The third kappa shape index (κ3) is 5.07. The fourth-order valence-corrected chi connectivity index (χ4v) is 3.22. The van der Waals surface area contributed by atoms with Gasteiger partial charge >= 0.3 is 7.60 Å². The molecule has 0 heterocycles. The van der Waals surface area contributed by atoms with Gasteiger partial charge in [0.15, 0.2) is 17.9 Å². The van der Waals surface area contributed by atoms with Crippen molar-refractivity contribution in [2.45, 2.75) is 40.0 Å². The molecule has 0 amide bonds. The molecule has 0 saturated heterocycles. The van der Waals surface area contributed by atoms with Crippen LogP contribution in [0.1, 0.15) is 47.6 Å². The molecule has 0 aliphatic rings. The zero-order valence-corrected chi connectivity index (χ0v) is 16.2. The van der Waals surface area contributed by atoms with E-state index in [0.29, 0.717) is 17.7 Å². The average Bonchev–Trinajstić information content (AvgIpc) is 2.51. The van der Waals surface area contributed by atoms with Crippen LogP contribution >= 0.6 is 7.60 Å². The Morgan fingerprint density at radius 2 is 1.69 bits per heavy atom. The van der Waals surface area contributed by atoms with E-state index in [0.717, 1.165) is 22.3 Å². The summed E-state index contributed by atoms with van der Waals surface area (Å²) in [5, 5.41) is 9.87. The first kappa shape index (κ1) is 20.4. The van der Waals surface area contributed by atoms with Crippen molar-refractivity contribution in [3.8, 4) is 11.5 Å². The summed E-state index contributed by atoms with van der Waals surface area (Å²) in [4.78, 5) is 17.8. The Labute approximate surface area is 152 Å². The van der Waals surface area contributed by atoms with Crippen molar-refractivity contribution >= 4 is 7.60 Å². The third-order valence-electron chi connectivity index (χ3n) is 4.22. The highest BCUT2D eigenvalue weighted by atomic mass is 31.2. The van der Waals surface area contributed by atoms with Crippen molar-refractivity contribution in [1.82, 2.24) is 0 Å². The summed E-state index contributed by atoms with van der Waals surface area (Å²) in [7, 11) is -4.24. The number of hydrogen-bond donors (Lipinski definition) is 3. The minimum Gasteiger partial charge on any atom is -0.505 e. The smallest absolute Gasteiger partial charge is 0.362 e. The molecule has 5 nitrogen and oxygen atoms in total. The molecule has 0 spiro atoms. The van der Waals surface area contributed by atoms with Gasteiger partial charge in [-0.25, -0.2) is 4.39 Å². The second-order valence-electron chi connectivity index (χ2n) is 6.82. The summed E-state index contributed by atoms with van der Waals surface area (Å²) in [6.45, 7) is 7.52. The Kier molecular flexibility index (Phi) is 6.12. The van der Waals surface area contributed by atoms with E-state index < -0.39 is 19.8 Å². The molecule has 0 bridgehead atoms. The van der Waals surface area contributed by atoms with Gasteiger partial charge in [-0.2, -0.15) is 0 Å². The zero-order chi connectivity index (χ0) is 19.6. The second kappa shape index (κ2) is 7.78. The van der Waals surface area contributed by atoms with Gasteiger partial charge in [0.05, 0.1) is 0 Å². The Bertz CT molecular complexity index is 834. The number of benzene rings is 2. The summed E-state index contributed by atoms with van der Waals surface area (Å²) in [6.07, 6.45) is -0.195. The lowest BCUT2D eigenvalue weighted by atomic mass is 9.92. The van der Waals surface area contributed by atoms with Gasteiger partial charge in [0.1, 0.15) is 5.75 Å². The lowest BCUT2D eigenvalue weighted by molar-refractivity contribution is 0.300. The number of rotatable bonds is 6. The second-order valence-corrected chi connectivity index (χ2v) is 8.41. The molecule has 3 N–H and O–H groups in total. The molecule has 0 fully saturated rings. The first-order chi connectivity index (χ1) is 12.0. The lowest BCUT2D eigenvalue weighted by Crippen LogP contribution is -2.02. The summed E-state index contributed by atoms with van der Waals surface area (Å²) in [6, 6.07) is 6.55. The topological polar surface area (TPSA) is 87.0 Å². The SMILES string of the molecule is Cc1cc(OCP(=O)(O)O)cc(C)c1Cc1cc(F)c(O)c(C(C)C)c1. The van der Waals surface area contributed by atoms with Crippen molar-refractivity contribution in [3.05, 3.63) is 57.9 Å². The molecule has 26 heavy (non-hydrogen) atoms. The number of phenolic OH excluding ortho intramolecular Hbond substituents is 1. The van der Waals surface area contributed by atoms with Crippen LogP contribution in [0.2, 0.25) is 0 Å². The van der Waals surface area contributed by atoms with E-state index in [1.54, 1.807) is 18.2 Å². The molecule has 7 heteroatoms. The van der Waals surface area contributed by atoms with E-state index in [1.165, 1.54) is 6.07 Å². The number of phenols is 1. The standard InChI is InChI=1S/C19H24FO5P/c1-11(2)16-7-14(9-18(20)19(16)21)8-17-12(3)5-15(6-13(17)4)25-10-26(22,23)24/h5-7,9,11,21H,8,10H2,1-4H3,(H2,22,23,24). The molecular weight excluding hydrogens is 358 g/mol. The highest BCUT2D eigenvalue weighted by Crippen LogP contribution is 2.36. The van der Waals surface area contributed by atoms with E-state index >= 15 is 0 Å². The molecule has 2 rings (SSSR count). The van der Waals surface area contributed by atoms with Gasteiger partial charge < -0.3 is 19.6 Å². The molecule has 0 saturated carbocycles. The fraction of sp³-hybridized carbons (Fsp3) is 0.368. The Morgan fingerprint density at radius 3 is 2.19 bits per heavy atom. The highest BCUT2D eigenvalue weighted by molar-refractivity contribution is 7.51. The predicted octanol–water partition coefficient (Wildman–Crippen LogP) is 4.38. The van der Waals surface area contributed by atoms with Crippen LogP contribution in [-0.4, -0.2) is 21.2 Å². The fourth-order valence-electron chi connectivity index (χ4n) is 2.90. The van der Waals surface area contributed by atoms with Gasteiger partial charge in [0, 0.05) is 0 Å². The van der Waals surface area contributed by atoms with Crippen LogP contribution in [-0.2, 0) is 11.0 Å². The number of ether oxygens (including phenoxy) is 1. The molecule has 142 valence electrons. The van der Waals surface area contributed by atoms with Gasteiger partial charge in [-0.05, 0) is 72.2 Å². The molecule has 0 aromatic heterocycles. The van der Waals surface area contributed by atoms with Gasteiger partial charge in [0.25, 0.3) is 0 Å². The Balaban J connectivity index is 2.32. The molecule has 2 aromatic carbocycles. The summed E-state index contributed by atoms with van der Waals surface area (Å²) >= 11 is 0. The third-order valence-corrected chi connectivity index (χ3v) is 4.69. The molecule has 0 aliphatic heterocycles. The molecule has 0 unspecified atom stereocenters. The quantitative estimate of drug-likeness (QED) is 0.646. The maximum atomic E-state index is 14.0. The van der Waals surface area contributed by atoms with Crippen LogP contribution in [0.3, 0.4) is 0 Å².